The molecule has 1 aromatic rings. The molecule has 1 aromatic carbocycles. The Hall–Kier alpha value is -1.36. The molecule has 1 atom stereocenters. The lowest BCUT2D eigenvalue weighted by molar-refractivity contribution is -0.133. The van der Waals surface area contributed by atoms with Gasteiger partial charge in [0.2, 0.25) is 0 Å². The first-order chi connectivity index (χ1) is 7.65. The standard InChI is InChI=1S/C11H12BrNO3/c1-8(12)11(14)16-10-6-4-3-5-9(10)7-13-15-2/h3-8H,1-2H3. The maximum Gasteiger partial charge on any atom is 0.324 e. The average Bonchev–Trinajstić information content (AvgIpc) is 2.27. The fraction of sp³-hybridized carbons (Fsp3) is 0.273. The number of ether oxygens (including phenoxy) is 1. The number of oxime groups is 1. The Bertz CT molecular complexity index is 391. The molecule has 5 heteroatoms. The first-order valence-corrected chi connectivity index (χ1v) is 5.58. The van der Waals surface area contributed by atoms with Gasteiger partial charge in [0.1, 0.15) is 17.7 Å². The van der Waals surface area contributed by atoms with Gasteiger partial charge < -0.3 is 9.57 Å². The molecule has 0 aliphatic carbocycles. The summed E-state index contributed by atoms with van der Waals surface area (Å²) < 4.78 is 5.17. The molecule has 0 radical (unpaired) electrons. The molecule has 0 aliphatic heterocycles. The van der Waals surface area contributed by atoms with Crippen molar-refractivity contribution < 1.29 is 14.4 Å². The summed E-state index contributed by atoms with van der Waals surface area (Å²) in [5.41, 5.74) is 0.686. The number of benzene rings is 1. The van der Waals surface area contributed by atoms with Crippen molar-refractivity contribution in [3.8, 4) is 5.75 Å². The number of halogens is 1. The van der Waals surface area contributed by atoms with Gasteiger partial charge in [-0.25, -0.2) is 0 Å². The minimum atomic E-state index is -0.349. The molecule has 1 rings (SSSR count). The molecule has 0 aromatic heterocycles. The van der Waals surface area contributed by atoms with E-state index >= 15 is 0 Å². The zero-order chi connectivity index (χ0) is 12.0. The minimum absolute atomic E-state index is 0.347. The first kappa shape index (κ1) is 12.7. The Morgan fingerprint density at radius 3 is 2.81 bits per heavy atom. The van der Waals surface area contributed by atoms with Crippen molar-refractivity contribution >= 4 is 28.1 Å². The molecule has 0 fully saturated rings. The van der Waals surface area contributed by atoms with Crippen molar-refractivity contribution in [2.24, 2.45) is 5.16 Å². The van der Waals surface area contributed by atoms with Crippen LogP contribution in [0.4, 0.5) is 0 Å². The lowest BCUT2D eigenvalue weighted by Crippen LogP contribution is -2.17. The summed E-state index contributed by atoms with van der Waals surface area (Å²) in [6, 6.07) is 7.09. The number of esters is 1. The number of carbonyl (C=O) groups is 1. The van der Waals surface area contributed by atoms with E-state index in [1.807, 2.05) is 6.07 Å². The quantitative estimate of drug-likeness (QED) is 0.281. The Kier molecular flexibility index (Phi) is 4.98. The molecule has 0 amide bonds. The molecule has 0 N–H and O–H groups in total. The normalized spacial score (nSPS) is 12.4. The fourth-order valence-electron chi connectivity index (χ4n) is 0.979. The molecule has 86 valence electrons. The van der Waals surface area contributed by atoms with Gasteiger partial charge in [0, 0.05) is 5.56 Å². The number of para-hydroxylation sites is 1. The van der Waals surface area contributed by atoms with Crippen LogP contribution in [0.25, 0.3) is 0 Å². The number of rotatable bonds is 4. The van der Waals surface area contributed by atoms with Gasteiger partial charge in [-0.2, -0.15) is 0 Å². The van der Waals surface area contributed by atoms with E-state index in [2.05, 4.69) is 25.9 Å². The number of hydrogen-bond acceptors (Lipinski definition) is 4. The maximum atomic E-state index is 11.4. The summed E-state index contributed by atoms with van der Waals surface area (Å²) in [5.74, 6) is 0.109. The molecule has 0 spiro atoms. The smallest absolute Gasteiger partial charge is 0.324 e. The largest absolute Gasteiger partial charge is 0.425 e. The van der Waals surface area contributed by atoms with Crippen molar-refractivity contribution in [2.75, 3.05) is 7.11 Å². The third-order valence-electron chi connectivity index (χ3n) is 1.75. The van der Waals surface area contributed by atoms with Gasteiger partial charge in [-0.1, -0.05) is 33.2 Å². The Morgan fingerprint density at radius 1 is 1.50 bits per heavy atom. The van der Waals surface area contributed by atoms with Gasteiger partial charge in [-0.3, -0.25) is 4.79 Å². The third-order valence-corrected chi connectivity index (χ3v) is 2.13. The van der Waals surface area contributed by atoms with Crippen molar-refractivity contribution in [1.29, 1.82) is 0 Å². The van der Waals surface area contributed by atoms with Gasteiger partial charge in [0.25, 0.3) is 0 Å². The SMILES string of the molecule is CON=Cc1ccccc1OC(=O)C(C)Br. The van der Waals surface area contributed by atoms with Crippen molar-refractivity contribution in [3.63, 3.8) is 0 Å². The summed E-state index contributed by atoms with van der Waals surface area (Å²) in [6.07, 6.45) is 1.49. The van der Waals surface area contributed by atoms with E-state index in [9.17, 15) is 4.79 Å². The van der Waals surface area contributed by atoms with Crippen LogP contribution >= 0.6 is 15.9 Å². The summed E-state index contributed by atoms with van der Waals surface area (Å²) in [5, 5.41) is 3.63. The van der Waals surface area contributed by atoms with Crippen LogP contribution in [-0.4, -0.2) is 24.1 Å². The zero-order valence-electron chi connectivity index (χ0n) is 9.01. The van der Waals surface area contributed by atoms with Crippen LogP contribution in [0.15, 0.2) is 29.4 Å². The number of carbonyl (C=O) groups excluding carboxylic acids is 1. The highest BCUT2D eigenvalue weighted by Gasteiger charge is 2.12. The van der Waals surface area contributed by atoms with Crippen LogP contribution in [0.5, 0.6) is 5.75 Å². The summed E-state index contributed by atoms with van der Waals surface area (Å²) in [4.78, 5) is 15.6. The van der Waals surface area contributed by atoms with Crippen molar-refractivity contribution in [1.82, 2.24) is 0 Å². The summed E-state index contributed by atoms with van der Waals surface area (Å²) in [7, 11) is 1.45. The minimum Gasteiger partial charge on any atom is -0.425 e. The maximum absolute atomic E-state index is 11.4. The molecular weight excluding hydrogens is 274 g/mol. The zero-order valence-corrected chi connectivity index (χ0v) is 10.6. The molecule has 4 nitrogen and oxygen atoms in total. The number of alkyl halides is 1. The van der Waals surface area contributed by atoms with E-state index < -0.39 is 0 Å². The lowest BCUT2D eigenvalue weighted by Gasteiger charge is -2.07. The molecule has 0 bridgehead atoms. The van der Waals surface area contributed by atoms with Crippen LogP contribution in [0.3, 0.4) is 0 Å². The Balaban J connectivity index is 2.86. The van der Waals surface area contributed by atoms with E-state index in [1.165, 1.54) is 13.3 Å². The Morgan fingerprint density at radius 2 is 2.19 bits per heavy atom. The topological polar surface area (TPSA) is 47.9 Å². The monoisotopic (exact) mass is 285 g/mol. The average molecular weight is 286 g/mol. The second-order valence-electron chi connectivity index (χ2n) is 2.99. The third kappa shape index (κ3) is 3.66. The van der Waals surface area contributed by atoms with Crippen LogP contribution in [0.1, 0.15) is 12.5 Å². The van der Waals surface area contributed by atoms with Crippen LogP contribution in [0.2, 0.25) is 0 Å². The van der Waals surface area contributed by atoms with E-state index in [4.69, 9.17) is 4.74 Å². The fourth-order valence-corrected chi connectivity index (χ4v) is 1.07. The molecular formula is C11H12BrNO3. The number of hydrogen-bond donors (Lipinski definition) is 0. The predicted molar refractivity (Wildman–Crippen MR) is 65.1 cm³/mol. The highest BCUT2D eigenvalue weighted by molar-refractivity contribution is 9.10. The molecule has 0 aliphatic rings. The molecule has 16 heavy (non-hydrogen) atoms. The predicted octanol–water partition coefficient (Wildman–Crippen LogP) is 2.36. The Labute approximate surface area is 102 Å². The summed E-state index contributed by atoms with van der Waals surface area (Å²) in [6.45, 7) is 1.70. The van der Waals surface area contributed by atoms with E-state index in [1.54, 1.807) is 25.1 Å². The van der Waals surface area contributed by atoms with Gasteiger partial charge >= 0.3 is 5.97 Å². The van der Waals surface area contributed by atoms with Crippen LogP contribution in [-0.2, 0) is 9.63 Å². The molecule has 0 heterocycles. The first-order valence-electron chi connectivity index (χ1n) is 4.66. The molecule has 0 saturated carbocycles. The van der Waals surface area contributed by atoms with E-state index in [0.29, 0.717) is 11.3 Å². The van der Waals surface area contributed by atoms with Crippen molar-refractivity contribution in [2.45, 2.75) is 11.8 Å². The van der Waals surface area contributed by atoms with Crippen LogP contribution in [0, 0.1) is 0 Å². The second-order valence-corrected chi connectivity index (χ2v) is 4.37. The molecule has 0 saturated heterocycles. The van der Waals surface area contributed by atoms with E-state index in [-0.39, 0.29) is 10.8 Å². The van der Waals surface area contributed by atoms with Gasteiger partial charge in [-0.05, 0) is 19.1 Å². The summed E-state index contributed by atoms with van der Waals surface area (Å²) >= 11 is 3.14. The van der Waals surface area contributed by atoms with Gasteiger partial charge in [0.05, 0.1) is 6.21 Å². The highest BCUT2D eigenvalue weighted by Crippen LogP contribution is 2.17. The van der Waals surface area contributed by atoms with Gasteiger partial charge in [-0.15, -0.1) is 0 Å². The van der Waals surface area contributed by atoms with Crippen LogP contribution < -0.4 is 4.74 Å². The van der Waals surface area contributed by atoms with Crippen molar-refractivity contribution in [3.05, 3.63) is 29.8 Å². The molecule has 1 unspecified atom stereocenters. The number of nitrogens with zero attached hydrogens (tertiary/aromatic N) is 1. The highest BCUT2D eigenvalue weighted by atomic mass is 79.9. The second kappa shape index (κ2) is 6.27. The van der Waals surface area contributed by atoms with E-state index in [0.717, 1.165) is 0 Å². The lowest BCUT2D eigenvalue weighted by atomic mass is 10.2. The van der Waals surface area contributed by atoms with Gasteiger partial charge in [0.15, 0.2) is 0 Å².